The number of hydrogen-bond acceptors (Lipinski definition) is 2. The average Bonchev–Trinajstić information content (AvgIpc) is 3.75. The van der Waals surface area contributed by atoms with Crippen molar-refractivity contribution in [3.05, 3.63) is 203 Å². The summed E-state index contributed by atoms with van der Waals surface area (Å²) in [7, 11) is 0. The van der Waals surface area contributed by atoms with E-state index in [0.717, 1.165) is 79.6 Å². The summed E-state index contributed by atoms with van der Waals surface area (Å²) in [5, 5.41) is 1.05. The number of rotatable bonds is 7. The molecular weight excluding hydrogens is 952 g/mol. The van der Waals surface area contributed by atoms with Crippen molar-refractivity contribution >= 4 is 32.8 Å². The summed E-state index contributed by atoms with van der Waals surface area (Å²) >= 11 is 2.54. The van der Waals surface area contributed by atoms with Crippen LogP contribution >= 0.6 is 0 Å². The molecule has 6 heteroatoms. The first-order chi connectivity index (χ1) is 32.5. The number of aryl methyl sites for hydroxylation is 1. The summed E-state index contributed by atoms with van der Waals surface area (Å²) in [4.78, 5) is 4.75. The number of benzene rings is 7. The Balaban J connectivity index is 1.06. The summed E-state index contributed by atoms with van der Waals surface area (Å²) in [6, 6.07) is 54.9. The van der Waals surface area contributed by atoms with Gasteiger partial charge in [0.1, 0.15) is 0 Å². The predicted molar refractivity (Wildman–Crippen MR) is 253 cm³/mol. The third-order valence-corrected chi connectivity index (χ3v) is 13.4. The van der Waals surface area contributed by atoms with Crippen molar-refractivity contribution < 1.29 is 29.6 Å². The number of pyridine rings is 1. The Morgan fingerprint density at radius 2 is 1.37 bits per heavy atom. The molecule has 0 bridgehead atoms. The van der Waals surface area contributed by atoms with E-state index < -0.39 is 0 Å². The van der Waals surface area contributed by atoms with Gasteiger partial charge in [-0.05, 0) is 29.2 Å². The number of aromatic nitrogens is 4. The molecule has 0 saturated heterocycles. The van der Waals surface area contributed by atoms with Gasteiger partial charge in [-0.3, -0.25) is 0 Å². The minimum Gasteiger partial charge on any atom is -0.239 e. The second-order valence-electron chi connectivity index (χ2n) is 17.3. The first-order valence-electron chi connectivity index (χ1n) is 23.6. The van der Waals surface area contributed by atoms with Gasteiger partial charge in [0, 0.05) is 6.20 Å². The van der Waals surface area contributed by atoms with Crippen LogP contribution in [0.5, 0.6) is 11.5 Å². The predicted octanol–water partition coefficient (Wildman–Crippen LogP) is 14.3. The summed E-state index contributed by atoms with van der Waals surface area (Å²) in [6.45, 7) is 6.40. The van der Waals surface area contributed by atoms with E-state index in [2.05, 4.69) is 171 Å². The van der Waals surface area contributed by atoms with Gasteiger partial charge in [0.25, 0.3) is 0 Å². The smallest absolute Gasteiger partial charge is 0.239 e. The van der Waals surface area contributed by atoms with E-state index in [9.17, 15) is 0 Å². The molecule has 11 rings (SSSR count). The molecule has 0 saturated carbocycles. The maximum absolute atomic E-state index is 9.08. The van der Waals surface area contributed by atoms with Crippen LogP contribution in [0.3, 0.4) is 0 Å². The van der Waals surface area contributed by atoms with Crippen molar-refractivity contribution in [2.24, 2.45) is 0 Å². The van der Waals surface area contributed by atoms with Gasteiger partial charge in [-0.1, -0.05) is 38.9 Å². The van der Waals surface area contributed by atoms with E-state index in [-0.39, 0.29) is 35.6 Å². The van der Waals surface area contributed by atoms with Crippen LogP contribution in [0.2, 0.25) is 0 Å². The van der Waals surface area contributed by atoms with Crippen LogP contribution in [-0.2, 0) is 31.2 Å². The third-order valence-electron chi connectivity index (χ3n) is 12.4. The number of ether oxygens (including phenoxy) is 1. The molecule has 10 aromatic rings. The summed E-state index contributed by atoms with van der Waals surface area (Å²) in [5.74, 6) is 1.53. The normalized spacial score (nSPS) is 15.2. The van der Waals surface area contributed by atoms with Crippen molar-refractivity contribution in [3.63, 3.8) is 0 Å². The monoisotopic (exact) mass is 1000 g/mol. The Kier molecular flexibility index (Phi) is 8.87. The number of hydrogen-bond donors (Lipinski definition) is 0. The van der Waals surface area contributed by atoms with Crippen molar-refractivity contribution in [2.45, 2.75) is 57.9 Å². The zero-order valence-electron chi connectivity index (χ0n) is 39.3. The summed E-state index contributed by atoms with van der Waals surface area (Å²) in [6.07, 6.45) is 5.73. The van der Waals surface area contributed by atoms with E-state index in [1.807, 2.05) is 30.3 Å². The van der Waals surface area contributed by atoms with Crippen LogP contribution in [0.1, 0.15) is 68.2 Å². The van der Waals surface area contributed by atoms with Crippen molar-refractivity contribution in [3.8, 4) is 45.3 Å². The molecule has 0 amide bonds. The van der Waals surface area contributed by atoms with E-state index in [0.29, 0.717) is 39.1 Å². The number of nitrogens with zero attached hydrogens (tertiary/aromatic N) is 4. The molecule has 3 aromatic heterocycles. The molecular formula is C57H46N4OPt-2. The van der Waals surface area contributed by atoms with Crippen molar-refractivity contribution in [1.82, 2.24) is 18.7 Å². The first kappa shape index (κ1) is 35.0. The van der Waals surface area contributed by atoms with Crippen LogP contribution in [-0.4, -0.2) is 18.7 Å². The van der Waals surface area contributed by atoms with Crippen molar-refractivity contribution in [2.75, 3.05) is 0 Å². The third kappa shape index (κ3) is 7.00. The molecule has 1 atom stereocenters. The Morgan fingerprint density at radius 3 is 2.11 bits per heavy atom. The maximum atomic E-state index is 9.08. The second-order valence-corrected chi connectivity index (χ2v) is 18.3. The zero-order valence-corrected chi connectivity index (χ0v) is 37.5. The minimum atomic E-state index is -0.299. The van der Waals surface area contributed by atoms with Crippen molar-refractivity contribution in [1.29, 1.82) is 0 Å². The van der Waals surface area contributed by atoms with Gasteiger partial charge in [0.05, 0.1) is 5.48 Å². The molecule has 1 unspecified atom stereocenters. The average molecular weight is 1000 g/mol. The molecule has 0 N–H and O–H groups in total. The van der Waals surface area contributed by atoms with Crippen LogP contribution < -0.4 is 4.74 Å². The van der Waals surface area contributed by atoms with Gasteiger partial charge in [-0.2, -0.15) is 0 Å². The molecule has 7 aromatic carbocycles. The van der Waals surface area contributed by atoms with E-state index in [1.165, 1.54) is 5.56 Å². The molecule has 312 valence electrons. The molecule has 3 heterocycles. The number of para-hydroxylation sites is 4. The first-order valence-corrected chi connectivity index (χ1v) is 22.7. The van der Waals surface area contributed by atoms with E-state index in [4.69, 9.17) is 15.2 Å². The Bertz CT molecular complexity index is 3570. The molecule has 0 radical (unpaired) electrons. The second kappa shape index (κ2) is 16.0. The van der Waals surface area contributed by atoms with Crippen LogP contribution in [0, 0.1) is 15.9 Å². The van der Waals surface area contributed by atoms with Gasteiger partial charge in [-0.15, -0.1) is 0 Å². The van der Waals surface area contributed by atoms with E-state index >= 15 is 0 Å². The molecule has 1 aliphatic carbocycles. The Morgan fingerprint density at radius 1 is 0.683 bits per heavy atom. The fraction of sp³-hybridized carbons (Fsp3) is 0.158. The molecule has 0 aliphatic heterocycles. The minimum absolute atomic E-state index is 0.0389. The van der Waals surface area contributed by atoms with Crippen LogP contribution in [0.15, 0.2) is 170 Å². The number of imidazole rings is 1. The zero-order chi connectivity index (χ0) is 46.1. The van der Waals surface area contributed by atoms with Crippen LogP contribution in [0.25, 0.3) is 66.6 Å². The fourth-order valence-corrected chi connectivity index (χ4v) is 10.5. The molecule has 0 spiro atoms. The fourth-order valence-electron chi connectivity index (χ4n) is 9.31. The molecule has 5 nitrogen and oxygen atoms in total. The van der Waals surface area contributed by atoms with E-state index in [1.54, 1.807) is 10.8 Å². The van der Waals surface area contributed by atoms with Gasteiger partial charge in [0.2, 0.25) is 0 Å². The van der Waals surface area contributed by atoms with Gasteiger partial charge < -0.3 is 0 Å². The van der Waals surface area contributed by atoms with Gasteiger partial charge >= 0.3 is 302 Å². The van der Waals surface area contributed by atoms with Gasteiger partial charge in [0.15, 0.2) is 0 Å². The van der Waals surface area contributed by atoms with Crippen LogP contribution in [0.4, 0.5) is 0 Å². The summed E-state index contributed by atoms with van der Waals surface area (Å²) in [5.41, 5.74) is 12.1. The Labute approximate surface area is 384 Å². The van der Waals surface area contributed by atoms with Gasteiger partial charge in [-0.25, -0.2) is 4.98 Å². The Hall–Kier alpha value is -6.55. The molecule has 63 heavy (non-hydrogen) atoms. The SMILES string of the molecule is [2H]c1c([2H])c([2H])c2c(c1[2H])c1ccc(Oc3[c-]c4c(cc3)CCCCC4n3[c](=[Pt])n(-c4c(-c5ccccc5)cccc4-c4ccccc4)c4ccccc43)[c-]c1n2-c1cc(C(C)(C)C)ccn1. The topological polar surface area (TPSA) is 36.9 Å². The summed E-state index contributed by atoms with van der Waals surface area (Å²) < 4.78 is 49.8. The molecule has 1 aliphatic rings. The number of fused-ring (bicyclic) bond motifs is 5. The quantitative estimate of drug-likeness (QED) is 0.118. The standard InChI is InChI=1S/C57H46N4O.Pt/c1-57(2,3)42-33-34-58-55(35-42)61-51-26-13-11-22-47(51)48-32-31-44(37-54(48)61)62-43-30-29-41-21-10-12-25-50(49(41)36-43)59-38-60(53-28-15-14-27-52(53)59)56-45(39-17-6-4-7-18-39)23-16-24-46(56)40-19-8-5-9-20-40;/h4-9,11,13-20,22-24,26-35,50H,10,12,21,25H2,1-3H3;/q-2;/i11D,13D,22D,26D;. The molecule has 0 fully saturated rings.